The zero-order valence-corrected chi connectivity index (χ0v) is 13.7. The molecule has 1 aromatic heterocycles. The number of hydrogen-bond acceptors (Lipinski definition) is 1. The Balaban J connectivity index is 2.21. The molecule has 21 heavy (non-hydrogen) atoms. The smallest absolute Gasteiger partial charge is 0.187 e. The van der Waals surface area contributed by atoms with Crippen LogP contribution in [0.4, 0.5) is 4.39 Å². The van der Waals surface area contributed by atoms with Gasteiger partial charge in [-0.3, -0.25) is 0 Å². The third-order valence-electron chi connectivity index (χ3n) is 3.40. The lowest BCUT2D eigenvalue weighted by Gasteiger charge is -2.07. The van der Waals surface area contributed by atoms with Crippen molar-refractivity contribution in [3.8, 4) is 21.6 Å². The summed E-state index contributed by atoms with van der Waals surface area (Å²) in [6, 6.07) is 14.0. The molecule has 0 aliphatic rings. The minimum atomic E-state index is -1.20. The molecule has 4 heteroatoms. The molecule has 2 aromatic carbocycles. The normalized spacial score (nSPS) is 11.7. The molecule has 0 aliphatic carbocycles. The number of hydrogen-bond donors (Lipinski definition) is 0. The predicted octanol–water partition coefficient (Wildman–Crippen LogP) is 5.96. The maximum absolute atomic E-state index is 13.1. The van der Waals surface area contributed by atoms with E-state index in [0.29, 0.717) is 0 Å². The van der Waals surface area contributed by atoms with Crippen molar-refractivity contribution in [2.45, 2.75) is 6.92 Å². The van der Waals surface area contributed by atoms with Crippen LogP contribution in [0.2, 0.25) is 0 Å². The Bertz CT molecular complexity index is 793. The molecule has 1 unspecified atom stereocenters. The van der Waals surface area contributed by atoms with Gasteiger partial charge >= 0.3 is 0 Å². The van der Waals surface area contributed by atoms with E-state index in [0.717, 1.165) is 31.6 Å². The fraction of sp³-hybridized carbons (Fsp3) is 0.0588. The SMILES string of the molecule is Cc1ccc(Br)cc1-c1cc[s+]([O-])c1-c1ccc(F)cc1. The van der Waals surface area contributed by atoms with Crippen LogP contribution < -0.4 is 0 Å². The Labute approximate surface area is 134 Å². The number of halogens is 2. The summed E-state index contributed by atoms with van der Waals surface area (Å²) >= 11 is 3.47. The number of rotatable bonds is 2. The maximum atomic E-state index is 13.1. The van der Waals surface area contributed by atoms with Crippen LogP contribution in [0.15, 0.2) is 58.4 Å². The fourth-order valence-corrected chi connectivity index (χ4v) is 3.87. The van der Waals surface area contributed by atoms with Crippen molar-refractivity contribution in [2.24, 2.45) is 0 Å². The lowest BCUT2D eigenvalue weighted by Crippen LogP contribution is -1.85. The summed E-state index contributed by atoms with van der Waals surface area (Å²) in [5, 5.41) is 1.67. The van der Waals surface area contributed by atoms with Crippen LogP contribution in [-0.4, -0.2) is 4.55 Å². The molecule has 3 rings (SSSR count). The van der Waals surface area contributed by atoms with Gasteiger partial charge in [0.15, 0.2) is 4.88 Å². The highest BCUT2D eigenvalue weighted by Gasteiger charge is 2.19. The Morgan fingerprint density at radius 1 is 1.00 bits per heavy atom. The molecule has 0 N–H and O–H groups in total. The van der Waals surface area contributed by atoms with Gasteiger partial charge in [-0.25, -0.2) is 4.39 Å². The predicted molar refractivity (Wildman–Crippen MR) is 88.4 cm³/mol. The highest BCUT2D eigenvalue weighted by molar-refractivity contribution is 9.10. The van der Waals surface area contributed by atoms with Gasteiger partial charge in [0, 0.05) is 21.7 Å². The molecule has 3 aromatic rings. The van der Waals surface area contributed by atoms with Crippen molar-refractivity contribution in [1.29, 1.82) is 0 Å². The van der Waals surface area contributed by atoms with Crippen molar-refractivity contribution in [3.63, 3.8) is 0 Å². The van der Waals surface area contributed by atoms with Crippen LogP contribution in [0.25, 0.3) is 21.6 Å². The van der Waals surface area contributed by atoms with E-state index in [9.17, 15) is 8.94 Å². The maximum Gasteiger partial charge on any atom is 0.187 e. The summed E-state index contributed by atoms with van der Waals surface area (Å²) in [5.41, 5.74) is 3.86. The summed E-state index contributed by atoms with van der Waals surface area (Å²) in [4.78, 5) is 0.733. The van der Waals surface area contributed by atoms with Gasteiger partial charge in [-0.15, -0.1) is 0 Å². The monoisotopic (exact) mass is 362 g/mol. The minimum absolute atomic E-state index is 0.295. The number of aryl methyl sites for hydroxylation is 1. The van der Waals surface area contributed by atoms with Gasteiger partial charge in [0.2, 0.25) is 0 Å². The van der Waals surface area contributed by atoms with Crippen molar-refractivity contribution in [2.75, 3.05) is 0 Å². The minimum Gasteiger partial charge on any atom is -0.590 e. The molecule has 0 aliphatic heterocycles. The first kappa shape index (κ1) is 14.4. The lowest BCUT2D eigenvalue weighted by atomic mass is 9.99. The van der Waals surface area contributed by atoms with E-state index in [2.05, 4.69) is 15.9 Å². The van der Waals surface area contributed by atoms with Crippen LogP contribution in [-0.2, 0) is 0 Å². The molecule has 1 nitrogen and oxygen atoms in total. The number of benzene rings is 2. The van der Waals surface area contributed by atoms with E-state index < -0.39 is 10.8 Å². The summed E-state index contributed by atoms with van der Waals surface area (Å²) < 4.78 is 26.4. The van der Waals surface area contributed by atoms with Crippen molar-refractivity contribution in [1.82, 2.24) is 0 Å². The Hall–Kier alpha value is -1.49. The largest absolute Gasteiger partial charge is 0.590 e. The summed E-state index contributed by atoms with van der Waals surface area (Å²) in [6.07, 6.45) is 0. The molecule has 0 saturated heterocycles. The van der Waals surface area contributed by atoms with Crippen LogP contribution in [0.3, 0.4) is 0 Å². The molecule has 0 saturated carbocycles. The van der Waals surface area contributed by atoms with E-state index in [1.807, 2.05) is 31.2 Å². The zero-order valence-electron chi connectivity index (χ0n) is 11.3. The molecule has 1 atom stereocenters. The van der Waals surface area contributed by atoms with Crippen molar-refractivity contribution in [3.05, 3.63) is 69.8 Å². The van der Waals surface area contributed by atoms with Gasteiger partial charge in [0.25, 0.3) is 0 Å². The van der Waals surface area contributed by atoms with Crippen molar-refractivity contribution >= 4 is 26.7 Å². The Morgan fingerprint density at radius 3 is 2.43 bits per heavy atom. The van der Waals surface area contributed by atoms with Crippen LogP contribution in [0.1, 0.15) is 5.56 Å². The second kappa shape index (κ2) is 5.72. The average Bonchev–Trinajstić information content (AvgIpc) is 2.84. The summed E-state index contributed by atoms with van der Waals surface area (Å²) in [6.45, 7) is 2.02. The van der Waals surface area contributed by atoms with Gasteiger partial charge in [-0.05, 0) is 65.2 Å². The van der Waals surface area contributed by atoms with E-state index in [1.165, 1.54) is 12.1 Å². The molecule has 0 radical (unpaired) electrons. The quantitative estimate of drug-likeness (QED) is 0.515. The molecule has 0 spiro atoms. The van der Waals surface area contributed by atoms with Crippen LogP contribution in [0, 0.1) is 12.7 Å². The van der Waals surface area contributed by atoms with Crippen LogP contribution >= 0.6 is 26.7 Å². The van der Waals surface area contributed by atoms with Crippen LogP contribution in [0.5, 0.6) is 0 Å². The van der Waals surface area contributed by atoms with E-state index in [4.69, 9.17) is 0 Å². The van der Waals surface area contributed by atoms with Gasteiger partial charge in [0.05, 0.1) is 0 Å². The standard InChI is InChI=1S/C17H12BrFOS/c1-11-2-5-13(18)10-16(11)15-8-9-21(20)17(15)12-3-6-14(19)7-4-12/h2-10H,1H3. The summed E-state index contributed by atoms with van der Waals surface area (Å²) in [5.74, 6) is -0.295. The van der Waals surface area contributed by atoms with Gasteiger partial charge in [-0.1, -0.05) is 22.0 Å². The fourth-order valence-electron chi connectivity index (χ4n) is 2.35. The van der Waals surface area contributed by atoms with Gasteiger partial charge in [0.1, 0.15) is 11.2 Å². The highest BCUT2D eigenvalue weighted by Crippen LogP contribution is 2.43. The number of thiophene rings is 1. The average molecular weight is 363 g/mol. The Kier molecular flexibility index (Phi) is 3.93. The molecule has 1 heterocycles. The first-order valence-electron chi connectivity index (χ1n) is 6.42. The van der Waals surface area contributed by atoms with Crippen molar-refractivity contribution < 1.29 is 8.94 Å². The molecular weight excluding hydrogens is 351 g/mol. The van der Waals surface area contributed by atoms with E-state index >= 15 is 0 Å². The second-order valence-electron chi connectivity index (χ2n) is 4.81. The molecule has 106 valence electrons. The third kappa shape index (κ3) is 2.79. The lowest BCUT2D eigenvalue weighted by molar-refractivity contribution is 0.599. The molecular formula is C17H12BrFOS. The van der Waals surface area contributed by atoms with Gasteiger partial charge < -0.3 is 4.55 Å². The van der Waals surface area contributed by atoms with Gasteiger partial charge in [-0.2, -0.15) is 0 Å². The van der Waals surface area contributed by atoms with E-state index in [-0.39, 0.29) is 5.82 Å². The zero-order chi connectivity index (χ0) is 15.0. The van der Waals surface area contributed by atoms with E-state index in [1.54, 1.807) is 17.5 Å². The first-order chi connectivity index (χ1) is 10.1. The molecule has 0 bridgehead atoms. The molecule has 0 fully saturated rings. The highest BCUT2D eigenvalue weighted by atomic mass is 79.9. The topological polar surface area (TPSA) is 23.1 Å². The second-order valence-corrected chi connectivity index (χ2v) is 7.00. The Morgan fingerprint density at radius 2 is 1.71 bits per heavy atom. The third-order valence-corrected chi connectivity index (χ3v) is 5.13. The molecule has 0 amide bonds. The summed E-state index contributed by atoms with van der Waals surface area (Å²) in [7, 11) is -1.20. The first-order valence-corrected chi connectivity index (χ1v) is 8.42.